The lowest BCUT2D eigenvalue weighted by atomic mass is 10.2. The van der Waals surface area contributed by atoms with Crippen molar-refractivity contribution in [2.45, 2.75) is 22.8 Å². The number of epoxide rings is 1. The van der Waals surface area contributed by atoms with Crippen molar-refractivity contribution in [1.29, 1.82) is 0 Å². The fourth-order valence-corrected chi connectivity index (χ4v) is 3.40. The maximum atomic E-state index is 12.6. The van der Waals surface area contributed by atoms with E-state index in [4.69, 9.17) is 9.47 Å². The number of benzene rings is 2. The second kappa shape index (κ2) is 5.50. The van der Waals surface area contributed by atoms with Crippen molar-refractivity contribution in [3.8, 4) is 5.75 Å². The van der Waals surface area contributed by atoms with Gasteiger partial charge in [-0.15, -0.1) is 0 Å². The molecule has 110 valence electrons. The van der Waals surface area contributed by atoms with E-state index >= 15 is 0 Å². The van der Waals surface area contributed by atoms with Crippen LogP contribution in [0.1, 0.15) is 5.56 Å². The molecule has 1 atom stereocenters. The Hall–Kier alpha value is -1.85. The quantitative estimate of drug-likeness (QED) is 0.797. The summed E-state index contributed by atoms with van der Waals surface area (Å²) >= 11 is 0. The molecule has 21 heavy (non-hydrogen) atoms. The summed E-state index contributed by atoms with van der Waals surface area (Å²) in [5, 5.41) is 0. The highest BCUT2D eigenvalue weighted by Gasteiger charge is 2.23. The van der Waals surface area contributed by atoms with E-state index in [-0.39, 0.29) is 11.0 Å². The van der Waals surface area contributed by atoms with Crippen molar-refractivity contribution in [1.82, 2.24) is 0 Å². The van der Waals surface area contributed by atoms with Gasteiger partial charge in [0.05, 0.1) is 16.4 Å². The molecule has 1 aliphatic rings. The van der Waals surface area contributed by atoms with Gasteiger partial charge in [0.15, 0.2) is 0 Å². The molecule has 1 heterocycles. The third-order valence-corrected chi connectivity index (χ3v) is 5.00. The SMILES string of the molecule is Cc1cccc(S(=O)(=O)c2cccc(OCC3CO3)c2)c1. The lowest BCUT2D eigenvalue weighted by molar-refractivity contribution is 0.262. The van der Waals surface area contributed by atoms with Gasteiger partial charge in [-0.25, -0.2) is 8.42 Å². The van der Waals surface area contributed by atoms with Crippen molar-refractivity contribution in [3.05, 3.63) is 54.1 Å². The Morgan fingerprint density at radius 3 is 2.48 bits per heavy atom. The van der Waals surface area contributed by atoms with Crippen LogP contribution in [0.4, 0.5) is 0 Å². The first kappa shape index (κ1) is 14.1. The Kier molecular flexibility index (Phi) is 3.69. The number of hydrogen-bond acceptors (Lipinski definition) is 4. The summed E-state index contributed by atoms with van der Waals surface area (Å²) in [5.41, 5.74) is 0.911. The molecule has 2 aromatic carbocycles. The van der Waals surface area contributed by atoms with Gasteiger partial charge in [-0.2, -0.15) is 0 Å². The molecule has 0 spiro atoms. The zero-order chi connectivity index (χ0) is 14.9. The molecule has 0 aromatic heterocycles. The molecule has 1 saturated heterocycles. The van der Waals surface area contributed by atoms with Gasteiger partial charge in [-0.05, 0) is 42.8 Å². The predicted octanol–water partition coefficient (Wildman–Crippen LogP) is 2.61. The summed E-state index contributed by atoms with van der Waals surface area (Å²) in [6.07, 6.45) is 0.141. The summed E-state index contributed by atoms with van der Waals surface area (Å²) in [6.45, 7) is 3.03. The van der Waals surface area contributed by atoms with Gasteiger partial charge in [0.1, 0.15) is 18.5 Å². The summed E-state index contributed by atoms with van der Waals surface area (Å²) in [6, 6.07) is 13.5. The topological polar surface area (TPSA) is 55.9 Å². The van der Waals surface area contributed by atoms with Crippen molar-refractivity contribution in [2.75, 3.05) is 13.2 Å². The first-order valence-corrected chi connectivity index (χ1v) is 8.20. The van der Waals surface area contributed by atoms with E-state index in [1.54, 1.807) is 42.5 Å². The van der Waals surface area contributed by atoms with Gasteiger partial charge in [-0.1, -0.05) is 18.2 Å². The van der Waals surface area contributed by atoms with Gasteiger partial charge in [0, 0.05) is 0 Å². The van der Waals surface area contributed by atoms with E-state index in [2.05, 4.69) is 0 Å². The van der Waals surface area contributed by atoms with E-state index < -0.39 is 9.84 Å². The molecule has 4 nitrogen and oxygen atoms in total. The molecule has 0 N–H and O–H groups in total. The van der Waals surface area contributed by atoms with Crippen LogP contribution in [0, 0.1) is 6.92 Å². The molecule has 5 heteroatoms. The molecule has 0 radical (unpaired) electrons. The molecule has 0 aliphatic carbocycles. The first-order chi connectivity index (χ1) is 10.1. The van der Waals surface area contributed by atoms with Crippen LogP contribution in [0.3, 0.4) is 0 Å². The van der Waals surface area contributed by atoms with Crippen LogP contribution in [0.5, 0.6) is 5.75 Å². The van der Waals surface area contributed by atoms with Gasteiger partial charge < -0.3 is 9.47 Å². The van der Waals surface area contributed by atoms with Crippen LogP contribution >= 0.6 is 0 Å². The summed E-state index contributed by atoms with van der Waals surface area (Å²) < 4.78 is 35.8. The molecule has 2 aromatic rings. The van der Waals surface area contributed by atoms with Gasteiger partial charge in [-0.3, -0.25) is 0 Å². The molecule has 0 amide bonds. The zero-order valence-corrected chi connectivity index (χ0v) is 12.5. The molecule has 1 unspecified atom stereocenters. The van der Waals surface area contributed by atoms with E-state index in [1.165, 1.54) is 0 Å². The van der Waals surface area contributed by atoms with Crippen LogP contribution in [-0.4, -0.2) is 27.7 Å². The Bertz CT molecular complexity index is 748. The lowest BCUT2D eigenvalue weighted by Gasteiger charge is -2.08. The summed E-state index contributed by atoms with van der Waals surface area (Å²) in [4.78, 5) is 0.535. The average Bonchev–Trinajstić information content (AvgIpc) is 3.30. The molecule has 1 fully saturated rings. The normalized spacial score (nSPS) is 17.5. The molecular formula is C16H16O4S. The van der Waals surface area contributed by atoms with Crippen LogP contribution in [0.25, 0.3) is 0 Å². The van der Waals surface area contributed by atoms with Gasteiger partial charge >= 0.3 is 0 Å². The van der Waals surface area contributed by atoms with Crippen molar-refractivity contribution < 1.29 is 17.9 Å². The largest absolute Gasteiger partial charge is 0.491 e. The summed E-state index contributed by atoms with van der Waals surface area (Å²) in [5.74, 6) is 0.541. The van der Waals surface area contributed by atoms with Crippen LogP contribution in [0.15, 0.2) is 58.3 Å². The number of rotatable bonds is 5. The second-order valence-electron chi connectivity index (χ2n) is 5.06. The molecular weight excluding hydrogens is 288 g/mol. The second-order valence-corrected chi connectivity index (χ2v) is 7.01. The molecule has 3 rings (SSSR count). The zero-order valence-electron chi connectivity index (χ0n) is 11.7. The first-order valence-electron chi connectivity index (χ1n) is 6.72. The fraction of sp³-hybridized carbons (Fsp3) is 0.250. The van der Waals surface area contributed by atoms with Gasteiger partial charge in [0.2, 0.25) is 9.84 Å². The third-order valence-electron chi connectivity index (χ3n) is 3.25. The monoisotopic (exact) mass is 304 g/mol. The van der Waals surface area contributed by atoms with Crippen molar-refractivity contribution in [2.24, 2.45) is 0 Å². The van der Waals surface area contributed by atoms with Gasteiger partial charge in [0.25, 0.3) is 0 Å². The minimum absolute atomic E-state index is 0.141. The van der Waals surface area contributed by atoms with Crippen LogP contribution < -0.4 is 4.74 Å². The minimum atomic E-state index is -3.52. The van der Waals surface area contributed by atoms with Crippen molar-refractivity contribution in [3.63, 3.8) is 0 Å². The molecule has 1 aliphatic heterocycles. The Morgan fingerprint density at radius 2 is 1.81 bits per heavy atom. The lowest BCUT2D eigenvalue weighted by Crippen LogP contribution is -2.06. The average molecular weight is 304 g/mol. The van der Waals surface area contributed by atoms with Crippen LogP contribution in [0.2, 0.25) is 0 Å². The third kappa shape index (κ3) is 3.25. The van der Waals surface area contributed by atoms with E-state index in [1.807, 2.05) is 13.0 Å². The molecule has 0 saturated carbocycles. The Balaban J connectivity index is 1.89. The summed E-state index contributed by atoms with van der Waals surface area (Å²) in [7, 11) is -3.52. The number of aryl methyl sites for hydroxylation is 1. The standard InChI is InChI=1S/C16H16O4S/c1-12-4-2-6-15(8-12)21(17,18)16-7-3-5-13(9-16)19-10-14-11-20-14/h2-9,14H,10-11H2,1H3. The van der Waals surface area contributed by atoms with E-state index in [0.717, 1.165) is 5.56 Å². The Labute approximate surface area is 124 Å². The number of hydrogen-bond donors (Lipinski definition) is 0. The maximum absolute atomic E-state index is 12.6. The minimum Gasteiger partial charge on any atom is -0.491 e. The molecule has 0 bridgehead atoms. The highest BCUT2D eigenvalue weighted by Crippen LogP contribution is 2.25. The predicted molar refractivity (Wildman–Crippen MR) is 78.3 cm³/mol. The highest BCUT2D eigenvalue weighted by atomic mass is 32.2. The van der Waals surface area contributed by atoms with E-state index in [9.17, 15) is 8.42 Å². The smallest absolute Gasteiger partial charge is 0.206 e. The number of sulfone groups is 1. The maximum Gasteiger partial charge on any atom is 0.206 e. The fourth-order valence-electron chi connectivity index (χ4n) is 2.00. The van der Waals surface area contributed by atoms with Crippen molar-refractivity contribution >= 4 is 9.84 Å². The highest BCUT2D eigenvalue weighted by molar-refractivity contribution is 7.91. The Morgan fingerprint density at radius 1 is 1.14 bits per heavy atom. The number of ether oxygens (including phenoxy) is 2. The van der Waals surface area contributed by atoms with E-state index in [0.29, 0.717) is 23.9 Å². The van der Waals surface area contributed by atoms with Crippen LogP contribution in [-0.2, 0) is 14.6 Å².